The number of H-pyrrole nitrogens is 1. The summed E-state index contributed by atoms with van der Waals surface area (Å²) in [7, 11) is 0. The zero-order valence-electron chi connectivity index (χ0n) is 3.47. The summed E-state index contributed by atoms with van der Waals surface area (Å²) in [4.78, 5) is 0. The molecule has 2 rings (SSSR count). The first-order valence-electron chi connectivity index (χ1n) is 1.97. The molecule has 0 fully saturated rings. The van der Waals surface area contributed by atoms with Gasteiger partial charge in [0, 0.05) is 6.07 Å². The van der Waals surface area contributed by atoms with Gasteiger partial charge < -0.3 is 8.94 Å². The summed E-state index contributed by atoms with van der Waals surface area (Å²) < 4.78 is 9.40. The van der Waals surface area contributed by atoms with Crippen molar-refractivity contribution in [2.24, 2.45) is 0 Å². The molecule has 0 saturated heterocycles. The first-order chi connectivity index (χ1) is 3.47. The monoisotopic (exact) mass is 97.0 g/mol. The van der Waals surface area contributed by atoms with Crippen LogP contribution in [0.15, 0.2) is 21.3 Å². The number of hydrogen-bond acceptors (Lipinski definition) is 2. The second-order valence-electron chi connectivity index (χ2n) is 1.32. The molecule has 3 heteroatoms. The summed E-state index contributed by atoms with van der Waals surface area (Å²) in [6.45, 7) is 0. The maximum absolute atomic E-state index is 4.79. The van der Waals surface area contributed by atoms with Gasteiger partial charge in [-0.1, -0.05) is 0 Å². The third-order valence-electron chi connectivity index (χ3n) is 0.833. The van der Waals surface area contributed by atoms with Gasteiger partial charge in [0.15, 0.2) is 5.42 Å². The predicted octanol–water partition coefficient (Wildman–Crippen LogP) is 0.925. The third-order valence-corrected chi connectivity index (χ3v) is 0.833. The van der Waals surface area contributed by atoms with E-state index in [4.69, 9.17) is 4.42 Å². The SMILES string of the molecule is c1cc2oc=2[nH]o1. The van der Waals surface area contributed by atoms with Crippen LogP contribution in [-0.2, 0) is 0 Å². The summed E-state index contributed by atoms with van der Waals surface area (Å²) in [5.41, 5.74) is 1.62. The summed E-state index contributed by atoms with van der Waals surface area (Å²) in [5, 5.41) is 2.53. The maximum Gasteiger partial charge on any atom is 0.270 e. The van der Waals surface area contributed by atoms with E-state index in [1.807, 2.05) is 0 Å². The fourth-order valence-corrected chi connectivity index (χ4v) is 0.449. The lowest BCUT2D eigenvalue weighted by Crippen LogP contribution is -1.58. The van der Waals surface area contributed by atoms with Crippen molar-refractivity contribution >= 4 is 0 Å². The molecule has 0 bridgehead atoms. The van der Waals surface area contributed by atoms with Crippen molar-refractivity contribution in [1.29, 1.82) is 0 Å². The molecule has 2 aliphatic heterocycles. The van der Waals surface area contributed by atoms with Gasteiger partial charge in [-0.25, -0.2) is 0 Å². The van der Waals surface area contributed by atoms with Gasteiger partial charge in [-0.05, 0) is 0 Å². The largest absolute Gasteiger partial charge is 0.430 e. The number of rotatable bonds is 0. The van der Waals surface area contributed by atoms with E-state index in [0.717, 1.165) is 11.0 Å². The molecule has 1 N–H and O–H groups in total. The Kier molecular flexibility index (Phi) is 0.318. The molecule has 3 nitrogen and oxygen atoms in total. The Balaban J connectivity index is 3.06. The summed E-state index contributed by atoms with van der Waals surface area (Å²) in [6.07, 6.45) is 1.53. The maximum atomic E-state index is 4.79. The molecule has 0 aliphatic carbocycles. The Bertz CT molecular complexity index is 260. The molecule has 0 radical (unpaired) electrons. The van der Waals surface area contributed by atoms with Crippen LogP contribution < -0.4 is 0 Å². The third kappa shape index (κ3) is 0.287. The van der Waals surface area contributed by atoms with Crippen LogP contribution in [0.3, 0.4) is 0 Å². The van der Waals surface area contributed by atoms with Crippen LogP contribution in [0.1, 0.15) is 0 Å². The Morgan fingerprint density at radius 1 is 1.57 bits per heavy atom. The van der Waals surface area contributed by atoms with E-state index in [0.29, 0.717) is 0 Å². The van der Waals surface area contributed by atoms with Gasteiger partial charge in [0.1, 0.15) is 6.26 Å². The van der Waals surface area contributed by atoms with Crippen molar-refractivity contribution in [3.05, 3.63) is 23.3 Å². The molecule has 0 atom stereocenters. The van der Waals surface area contributed by atoms with Crippen LogP contribution in [0.25, 0.3) is 0 Å². The molecule has 7 heavy (non-hydrogen) atoms. The molecule has 2 aliphatic rings. The van der Waals surface area contributed by atoms with E-state index in [1.165, 1.54) is 6.26 Å². The van der Waals surface area contributed by atoms with E-state index in [-0.39, 0.29) is 0 Å². The average Bonchev–Trinajstić information content (AvgIpc) is 2.41. The predicted molar refractivity (Wildman–Crippen MR) is 20.6 cm³/mol. The van der Waals surface area contributed by atoms with Crippen LogP contribution in [0.4, 0.5) is 0 Å². The molecular weight excluding hydrogens is 94.0 g/mol. The first kappa shape index (κ1) is 2.96. The van der Waals surface area contributed by atoms with Crippen LogP contribution >= 0.6 is 0 Å². The van der Waals surface area contributed by atoms with Crippen molar-refractivity contribution in [2.45, 2.75) is 0 Å². The highest BCUT2D eigenvalue weighted by Gasteiger charge is 1.95. The highest BCUT2D eigenvalue weighted by molar-refractivity contribution is 4.84. The lowest BCUT2D eigenvalue weighted by Gasteiger charge is -1.66. The normalized spacial score (nSPS) is 10.9. The van der Waals surface area contributed by atoms with E-state index in [2.05, 4.69) is 9.68 Å². The molecule has 0 aromatic rings. The number of nitrogens with one attached hydrogen (secondary N) is 1. The Hall–Kier alpha value is -1.12. The molecule has 0 spiro atoms. The average molecular weight is 97.1 g/mol. The number of aromatic amines is 1. The Labute approximate surface area is 38.5 Å². The van der Waals surface area contributed by atoms with Crippen molar-refractivity contribution in [2.75, 3.05) is 0 Å². The molecule has 2 heterocycles. The highest BCUT2D eigenvalue weighted by atomic mass is 16.5. The highest BCUT2D eigenvalue weighted by Crippen LogP contribution is 2.00. The fraction of sp³-hybridized carbons (Fsp3) is 0. The topological polar surface area (TPSA) is 42.1 Å². The van der Waals surface area contributed by atoms with Crippen molar-refractivity contribution < 1.29 is 8.94 Å². The molecular formula is C4H3NO2. The second-order valence-corrected chi connectivity index (χ2v) is 1.32. The molecule has 36 valence electrons. The quantitative estimate of drug-likeness (QED) is 0.531. The minimum atomic E-state index is 0.738. The van der Waals surface area contributed by atoms with E-state index in [9.17, 15) is 0 Å². The van der Waals surface area contributed by atoms with Crippen LogP contribution in [-0.4, -0.2) is 5.16 Å². The van der Waals surface area contributed by atoms with E-state index < -0.39 is 0 Å². The van der Waals surface area contributed by atoms with Gasteiger partial charge in [0.25, 0.3) is 5.55 Å². The molecule has 0 saturated carbocycles. The molecule has 0 aromatic heterocycles. The zero-order valence-corrected chi connectivity index (χ0v) is 3.47. The number of aromatic nitrogens is 1. The minimum Gasteiger partial charge on any atom is -0.430 e. The summed E-state index contributed by atoms with van der Waals surface area (Å²) in [5.74, 6) is 0. The minimum absolute atomic E-state index is 0.738. The van der Waals surface area contributed by atoms with Gasteiger partial charge in [-0.3, -0.25) is 0 Å². The standard InChI is InChI=1S/C4H3NO2/c1-2-6-5-4-3(1)7-4/h1-2,5H. The van der Waals surface area contributed by atoms with Gasteiger partial charge in [0.2, 0.25) is 0 Å². The van der Waals surface area contributed by atoms with Gasteiger partial charge in [0.05, 0.1) is 0 Å². The Morgan fingerprint density at radius 3 is 3.14 bits per heavy atom. The van der Waals surface area contributed by atoms with E-state index in [1.54, 1.807) is 6.07 Å². The van der Waals surface area contributed by atoms with Crippen LogP contribution in [0.5, 0.6) is 0 Å². The molecule has 0 amide bonds. The number of hydrogen-bond donors (Lipinski definition) is 1. The lowest BCUT2D eigenvalue weighted by atomic mass is 10.7. The van der Waals surface area contributed by atoms with Gasteiger partial charge in [-0.15, -0.1) is 0 Å². The van der Waals surface area contributed by atoms with Crippen molar-refractivity contribution in [3.63, 3.8) is 0 Å². The molecule has 0 unspecified atom stereocenters. The lowest BCUT2D eigenvalue weighted by molar-refractivity contribution is 0.383. The smallest absolute Gasteiger partial charge is 0.270 e. The van der Waals surface area contributed by atoms with Gasteiger partial charge >= 0.3 is 0 Å². The van der Waals surface area contributed by atoms with Crippen molar-refractivity contribution in [3.8, 4) is 0 Å². The summed E-state index contributed by atoms with van der Waals surface area (Å²) in [6, 6.07) is 1.76. The van der Waals surface area contributed by atoms with Crippen LogP contribution in [0, 0.1) is 11.0 Å². The fourth-order valence-electron chi connectivity index (χ4n) is 0.449. The first-order valence-corrected chi connectivity index (χ1v) is 1.97. The van der Waals surface area contributed by atoms with Crippen LogP contribution in [0.2, 0.25) is 0 Å². The molecule has 0 aromatic carbocycles. The van der Waals surface area contributed by atoms with E-state index >= 15 is 0 Å². The second kappa shape index (κ2) is 0.753. The Morgan fingerprint density at radius 2 is 2.57 bits per heavy atom. The van der Waals surface area contributed by atoms with Gasteiger partial charge in [-0.2, -0.15) is 5.16 Å². The summed E-state index contributed by atoms with van der Waals surface area (Å²) >= 11 is 0. The van der Waals surface area contributed by atoms with Crippen molar-refractivity contribution in [1.82, 2.24) is 5.16 Å². The zero-order chi connectivity index (χ0) is 4.69.